The maximum Gasteiger partial charge on any atom is 0.514 e. The Morgan fingerprint density at radius 2 is 1.33 bits per heavy atom. The Balaban J connectivity index is 2.01. The van der Waals surface area contributed by atoms with Gasteiger partial charge in [0.25, 0.3) is 0 Å². The van der Waals surface area contributed by atoms with Crippen LogP contribution in [0.25, 0.3) is 0 Å². The van der Waals surface area contributed by atoms with Gasteiger partial charge in [0, 0.05) is 0 Å². The van der Waals surface area contributed by atoms with E-state index < -0.39 is 48.8 Å². The van der Waals surface area contributed by atoms with Crippen LogP contribution in [0, 0.1) is 11.8 Å². The number of nitrogens with two attached hydrogens (primary N) is 1. The number of carbonyl (C=O) groups is 4. The van der Waals surface area contributed by atoms with Gasteiger partial charge in [0.05, 0.1) is 0 Å². The van der Waals surface area contributed by atoms with Crippen molar-refractivity contribution >= 4 is 24.4 Å². The minimum atomic E-state index is -1.10. The van der Waals surface area contributed by atoms with E-state index in [-0.39, 0.29) is 42.5 Å². The number of benzene rings is 1. The van der Waals surface area contributed by atoms with Gasteiger partial charge in [0.1, 0.15) is 37.1 Å². The zero-order chi connectivity index (χ0) is 32.1. The average molecular weight is 610 g/mol. The largest absolute Gasteiger partial charge is 0.514 e. The van der Waals surface area contributed by atoms with Crippen molar-refractivity contribution in [3.05, 3.63) is 23.8 Å². The molecule has 0 radical (unpaired) electrons. The lowest BCUT2D eigenvalue weighted by atomic mass is 9.98. The van der Waals surface area contributed by atoms with Crippen molar-refractivity contribution in [1.82, 2.24) is 0 Å². The molecule has 242 valence electrons. The SMILES string of the molecule is CC(COC(=O)OC1CCCCC1)OC(=O)[C@@H](N)Cc1ccc(OC(=O)O[C@@H](C)C(C)C)c(OC(=O)OC(C)C(C)C)c1. The summed E-state index contributed by atoms with van der Waals surface area (Å²) in [5.41, 5.74) is 6.57. The van der Waals surface area contributed by atoms with Gasteiger partial charge in [-0.05, 0) is 82.4 Å². The Hall–Kier alpha value is -3.54. The summed E-state index contributed by atoms with van der Waals surface area (Å²) >= 11 is 0. The molecular formula is C31H47NO11. The molecule has 0 spiro atoms. The minimum Gasteiger partial charge on any atom is -0.458 e. The Labute approximate surface area is 253 Å². The number of rotatable bonds is 13. The van der Waals surface area contributed by atoms with Gasteiger partial charge in [-0.25, -0.2) is 14.4 Å². The fourth-order valence-corrected chi connectivity index (χ4v) is 3.84. The summed E-state index contributed by atoms with van der Waals surface area (Å²) < 4.78 is 36.9. The number of carbonyl (C=O) groups excluding carboxylic acids is 4. The van der Waals surface area contributed by atoms with Gasteiger partial charge in [0.2, 0.25) is 0 Å². The molecule has 2 N–H and O–H groups in total. The Kier molecular flexibility index (Phi) is 14.5. The molecular weight excluding hydrogens is 562 g/mol. The zero-order valence-corrected chi connectivity index (χ0v) is 26.3. The number of ether oxygens (including phenoxy) is 7. The highest BCUT2D eigenvalue weighted by Gasteiger charge is 2.24. The molecule has 12 heteroatoms. The Morgan fingerprint density at radius 1 is 0.767 bits per heavy atom. The normalized spacial score (nSPS) is 16.4. The molecule has 1 aliphatic rings. The lowest BCUT2D eigenvalue weighted by molar-refractivity contribution is -0.152. The standard InChI is InChI=1S/C31H47NO11/c1-18(2)21(6)39-30(35)42-26-14-13-23(16-27(26)43-31(36)40-22(7)19(3)4)15-25(32)28(33)38-20(5)17-37-29(34)41-24-11-9-8-10-12-24/h13-14,16,18-22,24-25H,8-12,15,17,32H2,1-7H3/t20?,21-,22?,25-/m0/s1. The fourth-order valence-electron chi connectivity index (χ4n) is 3.84. The molecule has 1 fully saturated rings. The van der Waals surface area contributed by atoms with Crippen molar-refractivity contribution in [3.8, 4) is 11.5 Å². The Bertz CT molecular complexity index is 1070. The van der Waals surface area contributed by atoms with E-state index in [1.165, 1.54) is 12.1 Å². The second-order valence-electron chi connectivity index (χ2n) is 11.6. The quantitative estimate of drug-likeness (QED) is 0.156. The van der Waals surface area contributed by atoms with Crippen LogP contribution in [0.2, 0.25) is 0 Å². The van der Waals surface area contributed by atoms with Crippen LogP contribution in [0.3, 0.4) is 0 Å². The minimum absolute atomic E-state index is 0.000946. The van der Waals surface area contributed by atoms with Gasteiger partial charge in [-0.1, -0.05) is 40.2 Å². The highest BCUT2D eigenvalue weighted by atomic mass is 16.8. The maximum atomic E-state index is 12.6. The van der Waals surface area contributed by atoms with Crippen molar-refractivity contribution in [3.63, 3.8) is 0 Å². The van der Waals surface area contributed by atoms with Gasteiger partial charge in [-0.2, -0.15) is 0 Å². The molecule has 1 saturated carbocycles. The molecule has 0 aliphatic heterocycles. The molecule has 1 aromatic rings. The van der Waals surface area contributed by atoms with Crippen molar-refractivity contribution in [2.75, 3.05) is 6.61 Å². The summed E-state index contributed by atoms with van der Waals surface area (Å²) in [5.74, 6) is -0.825. The molecule has 0 aromatic heterocycles. The van der Waals surface area contributed by atoms with Crippen molar-refractivity contribution in [2.45, 2.75) is 117 Å². The predicted molar refractivity (Wildman–Crippen MR) is 156 cm³/mol. The first kappa shape index (κ1) is 35.7. The van der Waals surface area contributed by atoms with Crippen LogP contribution in [0.15, 0.2) is 18.2 Å². The van der Waals surface area contributed by atoms with Gasteiger partial charge in [-0.15, -0.1) is 0 Å². The average Bonchev–Trinajstić information content (AvgIpc) is 2.93. The molecule has 0 heterocycles. The van der Waals surface area contributed by atoms with Crippen molar-refractivity contribution < 1.29 is 52.3 Å². The van der Waals surface area contributed by atoms with Crippen molar-refractivity contribution in [1.29, 1.82) is 0 Å². The highest BCUT2D eigenvalue weighted by Crippen LogP contribution is 2.30. The molecule has 0 saturated heterocycles. The number of hydrogen-bond acceptors (Lipinski definition) is 12. The van der Waals surface area contributed by atoms with Gasteiger partial charge in [0.15, 0.2) is 11.5 Å². The highest BCUT2D eigenvalue weighted by molar-refractivity contribution is 5.76. The second-order valence-corrected chi connectivity index (χ2v) is 11.6. The molecule has 0 amide bonds. The molecule has 2 rings (SSSR count). The smallest absolute Gasteiger partial charge is 0.458 e. The van der Waals surface area contributed by atoms with E-state index in [9.17, 15) is 19.2 Å². The summed E-state index contributed by atoms with van der Waals surface area (Å²) in [6.45, 7) is 12.4. The molecule has 43 heavy (non-hydrogen) atoms. The van der Waals surface area contributed by atoms with Crippen LogP contribution < -0.4 is 15.2 Å². The molecule has 1 aromatic carbocycles. The van der Waals surface area contributed by atoms with E-state index in [1.807, 2.05) is 27.7 Å². The van der Waals surface area contributed by atoms with Crippen LogP contribution >= 0.6 is 0 Å². The lowest BCUT2D eigenvalue weighted by Gasteiger charge is -2.22. The molecule has 4 atom stereocenters. The number of esters is 1. The van der Waals surface area contributed by atoms with Crippen LogP contribution in [0.5, 0.6) is 11.5 Å². The first-order valence-electron chi connectivity index (χ1n) is 14.9. The molecule has 2 unspecified atom stereocenters. The van der Waals surface area contributed by atoms with Crippen molar-refractivity contribution in [2.24, 2.45) is 17.6 Å². The summed E-state index contributed by atoms with van der Waals surface area (Å²) in [6, 6.07) is 3.28. The third-order valence-corrected chi connectivity index (χ3v) is 7.16. The van der Waals surface area contributed by atoms with E-state index in [2.05, 4.69) is 0 Å². The zero-order valence-electron chi connectivity index (χ0n) is 26.3. The summed E-state index contributed by atoms with van der Waals surface area (Å²) in [6.07, 6.45) is 0.277. The van der Waals surface area contributed by atoms with Crippen LogP contribution in [0.1, 0.15) is 86.1 Å². The maximum absolute atomic E-state index is 12.6. The third-order valence-electron chi connectivity index (χ3n) is 7.16. The summed E-state index contributed by atoms with van der Waals surface area (Å²) in [5, 5.41) is 0. The topological polar surface area (TPSA) is 159 Å². The predicted octanol–water partition coefficient (Wildman–Crippen LogP) is 6.09. The number of hydrogen-bond donors (Lipinski definition) is 1. The van der Waals surface area contributed by atoms with Crippen LogP contribution in [-0.2, 0) is 34.9 Å². The van der Waals surface area contributed by atoms with E-state index >= 15 is 0 Å². The monoisotopic (exact) mass is 609 g/mol. The summed E-state index contributed by atoms with van der Waals surface area (Å²) in [4.78, 5) is 49.4. The second kappa shape index (κ2) is 17.5. The Morgan fingerprint density at radius 3 is 1.88 bits per heavy atom. The molecule has 1 aliphatic carbocycles. The first-order chi connectivity index (χ1) is 20.2. The van der Waals surface area contributed by atoms with E-state index in [0.29, 0.717) is 5.56 Å². The van der Waals surface area contributed by atoms with Gasteiger partial charge in [-0.3, -0.25) is 4.79 Å². The van der Waals surface area contributed by atoms with E-state index in [0.717, 1.165) is 32.1 Å². The molecule has 12 nitrogen and oxygen atoms in total. The fraction of sp³-hybridized carbons (Fsp3) is 0.677. The van der Waals surface area contributed by atoms with Crippen LogP contribution in [-0.4, -0.2) is 61.5 Å². The van der Waals surface area contributed by atoms with Crippen LogP contribution in [0.4, 0.5) is 14.4 Å². The lowest BCUT2D eigenvalue weighted by Crippen LogP contribution is -2.37. The third kappa shape index (κ3) is 13.1. The first-order valence-corrected chi connectivity index (χ1v) is 14.9. The van der Waals surface area contributed by atoms with E-state index in [1.54, 1.807) is 26.8 Å². The molecule has 0 bridgehead atoms. The summed E-state index contributed by atoms with van der Waals surface area (Å²) in [7, 11) is 0. The van der Waals surface area contributed by atoms with E-state index in [4.69, 9.17) is 38.9 Å². The van der Waals surface area contributed by atoms with Gasteiger partial charge < -0.3 is 38.9 Å². The van der Waals surface area contributed by atoms with Gasteiger partial charge >= 0.3 is 24.4 Å².